The molecule has 2 fully saturated rings. The molecule has 0 unspecified atom stereocenters. The minimum atomic E-state index is -0.284. The van der Waals surface area contributed by atoms with Crippen molar-refractivity contribution in [2.75, 3.05) is 31.5 Å². The normalized spacial score (nSPS) is 20.3. The second-order valence-electron chi connectivity index (χ2n) is 8.04. The number of carbonyl (C=O) groups is 2. The molecule has 1 aromatic carbocycles. The summed E-state index contributed by atoms with van der Waals surface area (Å²) in [6, 6.07) is 5.23. The molecule has 1 saturated heterocycles. The summed E-state index contributed by atoms with van der Waals surface area (Å²) < 4.78 is 0. The molecule has 29 heavy (non-hydrogen) atoms. The summed E-state index contributed by atoms with van der Waals surface area (Å²) in [6.07, 6.45) is 2.18. The summed E-state index contributed by atoms with van der Waals surface area (Å²) in [4.78, 5) is 46.0. The molecule has 2 atom stereocenters. The standard InChI is InChI=1S/C20H28N6O3/c1-12(18(27)21-14-3-4-14)25-7-9-26(10-8-25)13(2)19(28)22-15-5-6-16-17(11-15)24-20(29)23-16/h5-6,11-14H,3-4,7-10H2,1-2H3,(H,21,27)(H,22,28)(H2,23,24,29)/t12-,13-/m0/s1. The maximum atomic E-state index is 12.7. The highest BCUT2D eigenvalue weighted by Crippen LogP contribution is 2.20. The van der Waals surface area contributed by atoms with Crippen LogP contribution in [0.15, 0.2) is 23.0 Å². The van der Waals surface area contributed by atoms with Gasteiger partial charge in [0.2, 0.25) is 11.8 Å². The van der Waals surface area contributed by atoms with Gasteiger partial charge in [0.05, 0.1) is 23.1 Å². The number of imidazole rings is 1. The van der Waals surface area contributed by atoms with Gasteiger partial charge in [-0.2, -0.15) is 0 Å². The number of hydrogen-bond donors (Lipinski definition) is 4. The lowest BCUT2D eigenvalue weighted by atomic mass is 10.1. The predicted octanol–water partition coefficient (Wildman–Crippen LogP) is 0.468. The molecule has 1 saturated carbocycles. The van der Waals surface area contributed by atoms with Gasteiger partial charge in [0.15, 0.2) is 0 Å². The average Bonchev–Trinajstić information content (AvgIpc) is 3.45. The van der Waals surface area contributed by atoms with Crippen LogP contribution in [0.25, 0.3) is 11.0 Å². The van der Waals surface area contributed by atoms with Gasteiger partial charge in [-0.05, 0) is 44.9 Å². The lowest BCUT2D eigenvalue weighted by molar-refractivity contribution is -0.128. The molecule has 1 aromatic heterocycles. The van der Waals surface area contributed by atoms with Crippen molar-refractivity contribution in [1.29, 1.82) is 0 Å². The molecule has 156 valence electrons. The van der Waals surface area contributed by atoms with E-state index in [1.54, 1.807) is 18.2 Å². The topological polar surface area (TPSA) is 113 Å². The van der Waals surface area contributed by atoms with E-state index in [9.17, 15) is 14.4 Å². The summed E-state index contributed by atoms with van der Waals surface area (Å²) in [6.45, 7) is 6.83. The van der Waals surface area contributed by atoms with Crippen molar-refractivity contribution in [3.63, 3.8) is 0 Å². The molecule has 0 radical (unpaired) electrons. The molecule has 2 heterocycles. The first kappa shape index (κ1) is 19.7. The summed E-state index contributed by atoms with van der Waals surface area (Å²) in [5, 5.41) is 5.99. The SMILES string of the molecule is C[C@@H](C(=O)Nc1ccc2[nH]c(=O)[nH]c2c1)N1CCN([C@@H](C)C(=O)NC2CC2)CC1. The van der Waals surface area contributed by atoms with E-state index in [0.29, 0.717) is 22.8 Å². The van der Waals surface area contributed by atoms with Crippen molar-refractivity contribution < 1.29 is 9.59 Å². The summed E-state index contributed by atoms with van der Waals surface area (Å²) in [5.41, 5.74) is 1.74. The Kier molecular flexibility index (Phi) is 5.42. The van der Waals surface area contributed by atoms with Crippen LogP contribution in [-0.4, -0.2) is 75.9 Å². The molecule has 9 nitrogen and oxygen atoms in total. The van der Waals surface area contributed by atoms with Crippen molar-refractivity contribution in [2.45, 2.75) is 44.8 Å². The van der Waals surface area contributed by atoms with Crippen molar-refractivity contribution in [3.8, 4) is 0 Å². The number of carbonyl (C=O) groups excluding carboxylic acids is 2. The number of fused-ring (bicyclic) bond motifs is 1. The largest absolute Gasteiger partial charge is 0.352 e. The molecule has 2 aromatic rings. The first-order valence-corrected chi connectivity index (χ1v) is 10.2. The Morgan fingerprint density at radius 3 is 2.17 bits per heavy atom. The highest BCUT2D eigenvalue weighted by Gasteiger charge is 2.32. The molecule has 0 bridgehead atoms. The maximum Gasteiger partial charge on any atom is 0.323 e. The minimum absolute atomic E-state index is 0.0878. The number of aromatic amines is 2. The number of H-pyrrole nitrogens is 2. The molecule has 1 aliphatic heterocycles. The fourth-order valence-corrected chi connectivity index (χ4v) is 3.75. The van der Waals surface area contributed by atoms with E-state index < -0.39 is 0 Å². The molecule has 1 aliphatic carbocycles. The van der Waals surface area contributed by atoms with E-state index >= 15 is 0 Å². The van der Waals surface area contributed by atoms with Gasteiger partial charge in [0, 0.05) is 37.9 Å². The van der Waals surface area contributed by atoms with Gasteiger partial charge in [0.1, 0.15) is 0 Å². The van der Waals surface area contributed by atoms with Crippen molar-refractivity contribution in [3.05, 3.63) is 28.7 Å². The molecular formula is C20H28N6O3. The number of aromatic nitrogens is 2. The number of nitrogens with zero attached hydrogens (tertiary/aromatic N) is 2. The first-order valence-electron chi connectivity index (χ1n) is 10.2. The van der Waals surface area contributed by atoms with Gasteiger partial charge in [-0.25, -0.2) is 4.79 Å². The highest BCUT2D eigenvalue weighted by molar-refractivity contribution is 5.96. The molecule has 2 aliphatic rings. The quantitative estimate of drug-likeness (QED) is 0.563. The van der Waals surface area contributed by atoms with Crippen LogP contribution >= 0.6 is 0 Å². The third-order valence-electron chi connectivity index (χ3n) is 5.91. The third-order valence-corrected chi connectivity index (χ3v) is 5.91. The molecular weight excluding hydrogens is 372 g/mol. The van der Waals surface area contributed by atoms with Crippen LogP contribution in [0.4, 0.5) is 5.69 Å². The fraction of sp³-hybridized carbons (Fsp3) is 0.550. The summed E-state index contributed by atoms with van der Waals surface area (Å²) in [7, 11) is 0. The highest BCUT2D eigenvalue weighted by atomic mass is 16.2. The van der Waals surface area contributed by atoms with Crippen LogP contribution in [-0.2, 0) is 9.59 Å². The van der Waals surface area contributed by atoms with E-state index in [-0.39, 0.29) is 29.6 Å². The lowest BCUT2D eigenvalue weighted by Gasteiger charge is -2.39. The number of anilines is 1. The Labute approximate surface area is 168 Å². The average molecular weight is 400 g/mol. The zero-order chi connectivity index (χ0) is 20.5. The van der Waals surface area contributed by atoms with Gasteiger partial charge in [-0.15, -0.1) is 0 Å². The molecule has 2 amide bonds. The van der Waals surface area contributed by atoms with E-state index in [1.807, 2.05) is 13.8 Å². The van der Waals surface area contributed by atoms with Crippen LogP contribution in [0.1, 0.15) is 26.7 Å². The van der Waals surface area contributed by atoms with E-state index in [1.165, 1.54) is 0 Å². The Morgan fingerprint density at radius 2 is 1.55 bits per heavy atom. The first-order chi connectivity index (χ1) is 13.9. The zero-order valence-electron chi connectivity index (χ0n) is 16.8. The summed E-state index contributed by atoms with van der Waals surface area (Å²) >= 11 is 0. The smallest absolute Gasteiger partial charge is 0.323 e. The van der Waals surface area contributed by atoms with Gasteiger partial charge in [-0.1, -0.05) is 0 Å². The number of piperazine rings is 1. The van der Waals surface area contributed by atoms with Crippen LogP contribution in [0.2, 0.25) is 0 Å². The maximum absolute atomic E-state index is 12.7. The number of benzene rings is 1. The Balaban J connectivity index is 1.29. The van der Waals surface area contributed by atoms with Crippen molar-refractivity contribution in [1.82, 2.24) is 25.1 Å². The van der Waals surface area contributed by atoms with Gasteiger partial charge in [0.25, 0.3) is 0 Å². The Hall–Kier alpha value is -2.65. The summed E-state index contributed by atoms with van der Waals surface area (Å²) in [5.74, 6) is 0.0140. The Morgan fingerprint density at radius 1 is 0.966 bits per heavy atom. The fourth-order valence-electron chi connectivity index (χ4n) is 3.75. The molecule has 4 rings (SSSR count). The van der Waals surface area contributed by atoms with E-state index in [4.69, 9.17) is 0 Å². The van der Waals surface area contributed by atoms with Crippen molar-refractivity contribution >= 4 is 28.5 Å². The van der Waals surface area contributed by atoms with Crippen LogP contribution in [0, 0.1) is 0 Å². The third kappa shape index (κ3) is 4.51. The van der Waals surface area contributed by atoms with E-state index in [0.717, 1.165) is 39.0 Å². The van der Waals surface area contributed by atoms with Crippen LogP contribution in [0.5, 0.6) is 0 Å². The van der Waals surface area contributed by atoms with Gasteiger partial charge >= 0.3 is 5.69 Å². The van der Waals surface area contributed by atoms with Gasteiger partial charge in [-0.3, -0.25) is 19.4 Å². The minimum Gasteiger partial charge on any atom is -0.352 e. The molecule has 0 spiro atoms. The van der Waals surface area contributed by atoms with Gasteiger partial charge < -0.3 is 20.6 Å². The van der Waals surface area contributed by atoms with Crippen LogP contribution in [0.3, 0.4) is 0 Å². The van der Waals surface area contributed by atoms with E-state index in [2.05, 4.69) is 30.4 Å². The number of nitrogens with one attached hydrogen (secondary N) is 4. The number of rotatable bonds is 6. The molecule has 9 heteroatoms. The second kappa shape index (κ2) is 8.00. The predicted molar refractivity (Wildman–Crippen MR) is 111 cm³/mol. The second-order valence-corrected chi connectivity index (χ2v) is 8.04. The Bertz CT molecular complexity index is 955. The van der Waals surface area contributed by atoms with Crippen molar-refractivity contribution in [2.24, 2.45) is 0 Å². The number of hydrogen-bond acceptors (Lipinski definition) is 5. The lowest BCUT2D eigenvalue weighted by Crippen LogP contribution is -2.57. The molecule has 4 N–H and O–H groups in total. The van der Waals surface area contributed by atoms with Crippen LogP contribution < -0.4 is 16.3 Å². The zero-order valence-corrected chi connectivity index (χ0v) is 16.8. The monoisotopic (exact) mass is 400 g/mol. The number of amides is 2.